The van der Waals surface area contributed by atoms with E-state index in [0.29, 0.717) is 10.9 Å². The summed E-state index contributed by atoms with van der Waals surface area (Å²) in [6, 6.07) is 0. The molecule has 0 aromatic carbocycles. The van der Waals surface area contributed by atoms with Crippen molar-refractivity contribution in [3.63, 3.8) is 0 Å². The zero-order valence-corrected chi connectivity index (χ0v) is 15.1. The Morgan fingerprint density at radius 3 is 2.84 bits per heavy atom. The van der Waals surface area contributed by atoms with Crippen molar-refractivity contribution >= 4 is 40.8 Å². The maximum Gasteiger partial charge on any atom is 0.397 e. The molecular formula is C13H16ClN5O5S. The number of esters is 1. The number of nitrogens with zero attached hydrogens (tertiary/aromatic N) is 5. The third-order valence-electron chi connectivity index (χ3n) is 3.46. The van der Waals surface area contributed by atoms with Crippen LogP contribution in [0.5, 0.6) is 0 Å². The number of hydrogen-bond donors (Lipinski definition) is 0. The van der Waals surface area contributed by atoms with Crippen molar-refractivity contribution in [1.82, 2.24) is 14.8 Å². The fourth-order valence-electron chi connectivity index (χ4n) is 2.10. The molecule has 10 nitrogen and oxygen atoms in total. The first-order valence-electron chi connectivity index (χ1n) is 7.42. The lowest BCUT2D eigenvalue weighted by molar-refractivity contribution is -0.486. The number of rotatable bonds is 5. The van der Waals surface area contributed by atoms with Crippen molar-refractivity contribution in [2.24, 2.45) is 5.10 Å². The van der Waals surface area contributed by atoms with E-state index >= 15 is 0 Å². The summed E-state index contributed by atoms with van der Waals surface area (Å²) in [5, 5.41) is 13.2. The molecule has 0 aliphatic carbocycles. The van der Waals surface area contributed by atoms with Gasteiger partial charge in [-0.3, -0.25) is 9.69 Å². The summed E-state index contributed by atoms with van der Waals surface area (Å²) in [6.45, 7) is 4.07. The van der Waals surface area contributed by atoms with Crippen LogP contribution in [0.2, 0.25) is 4.47 Å². The van der Waals surface area contributed by atoms with E-state index in [0.717, 1.165) is 9.78 Å². The van der Waals surface area contributed by atoms with E-state index in [1.54, 1.807) is 20.0 Å². The van der Waals surface area contributed by atoms with E-state index in [9.17, 15) is 19.7 Å². The molecule has 1 aromatic heterocycles. The lowest BCUT2D eigenvalue weighted by Crippen LogP contribution is -2.42. The molecular weight excluding hydrogens is 374 g/mol. The van der Waals surface area contributed by atoms with E-state index < -0.39 is 23.0 Å². The van der Waals surface area contributed by atoms with Crippen LogP contribution in [-0.4, -0.2) is 56.8 Å². The highest BCUT2D eigenvalue weighted by atomic mass is 35.5. The van der Waals surface area contributed by atoms with Gasteiger partial charge in [0.05, 0.1) is 12.6 Å². The summed E-state index contributed by atoms with van der Waals surface area (Å²) in [6.07, 6.45) is 1.66. The van der Waals surface area contributed by atoms with Gasteiger partial charge in [0.2, 0.25) is 0 Å². The summed E-state index contributed by atoms with van der Waals surface area (Å²) in [7, 11) is 0. The lowest BCUT2D eigenvalue weighted by atomic mass is 10.3. The minimum atomic E-state index is -1.06. The first-order valence-corrected chi connectivity index (χ1v) is 8.61. The Labute approximate surface area is 152 Å². The van der Waals surface area contributed by atoms with Crippen LogP contribution in [0, 0.1) is 10.1 Å². The lowest BCUT2D eigenvalue weighted by Gasteiger charge is -2.19. The molecule has 1 fully saturated rings. The number of carbonyl (C=O) groups is 2. The average Bonchev–Trinajstić information content (AvgIpc) is 3.13. The Balaban J connectivity index is 2.16. The second kappa shape index (κ2) is 8.21. The van der Waals surface area contributed by atoms with Gasteiger partial charge < -0.3 is 9.64 Å². The molecule has 136 valence electrons. The zero-order chi connectivity index (χ0) is 18.6. The Bertz CT molecular complexity index is 709. The molecule has 25 heavy (non-hydrogen) atoms. The SMILES string of the molecule is CCC(C)OC(=O)C(=O)N1CCN(Cc2cnc(Cl)s2)/C1=N/[N+](=O)[O-]. The fourth-order valence-corrected chi connectivity index (χ4v) is 3.09. The van der Waals surface area contributed by atoms with E-state index in [2.05, 4.69) is 10.1 Å². The number of carbonyl (C=O) groups excluding carboxylic acids is 2. The quantitative estimate of drug-likeness (QED) is 0.322. The van der Waals surface area contributed by atoms with Crippen LogP contribution >= 0.6 is 22.9 Å². The van der Waals surface area contributed by atoms with Gasteiger partial charge in [0.1, 0.15) is 5.10 Å². The van der Waals surface area contributed by atoms with Crippen LogP contribution in [0.3, 0.4) is 0 Å². The monoisotopic (exact) mass is 389 g/mol. The molecule has 0 radical (unpaired) electrons. The molecule has 1 atom stereocenters. The van der Waals surface area contributed by atoms with Crippen molar-refractivity contribution < 1.29 is 19.4 Å². The average molecular weight is 390 g/mol. The number of ether oxygens (including phenoxy) is 1. The van der Waals surface area contributed by atoms with Crippen LogP contribution < -0.4 is 0 Å². The molecule has 0 saturated carbocycles. The molecule has 1 amide bonds. The smallest absolute Gasteiger partial charge is 0.397 e. The normalized spacial score (nSPS) is 17.0. The van der Waals surface area contributed by atoms with E-state index in [1.165, 1.54) is 16.2 Å². The van der Waals surface area contributed by atoms with Crippen LogP contribution in [0.4, 0.5) is 0 Å². The van der Waals surface area contributed by atoms with Crippen molar-refractivity contribution in [2.75, 3.05) is 13.1 Å². The molecule has 0 spiro atoms. The molecule has 2 heterocycles. The molecule has 2 rings (SSSR count). The van der Waals surface area contributed by atoms with Crippen LogP contribution in [0.15, 0.2) is 11.3 Å². The van der Waals surface area contributed by atoms with Crippen LogP contribution in [0.1, 0.15) is 25.1 Å². The summed E-state index contributed by atoms with van der Waals surface area (Å²) in [4.78, 5) is 42.1. The molecule has 12 heteroatoms. The predicted molar refractivity (Wildman–Crippen MR) is 89.5 cm³/mol. The summed E-state index contributed by atoms with van der Waals surface area (Å²) >= 11 is 6.99. The van der Waals surface area contributed by atoms with Gasteiger partial charge in [-0.2, -0.15) is 0 Å². The second-order valence-corrected chi connectivity index (χ2v) is 6.92. The number of hydrazone groups is 1. The minimum absolute atomic E-state index is 0.0909. The maximum atomic E-state index is 12.3. The Morgan fingerprint density at radius 1 is 1.56 bits per heavy atom. The third kappa shape index (κ3) is 4.86. The summed E-state index contributed by atoms with van der Waals surface area (Å²) < 4.78 is 5.32. The summed E-state index contributed by atoms with van der Waals surface area (Å²) in [5.74, 6) is -2.25. The van der Waals surface area contributed by atoms with Crippen molar-refractivity contribution in [3.05, 3.63) is 25.7 Å². The van der Waals surface area contributed by atoms with E-state index in [1.807, 2.05) is 0 Å². The van der Waals surface area contributed by atoms with Gasteiger partial charge in [0.25, 0.3) is 5.96 Å². The van der Waals surface area contributed by atoms with Gasteiger partial charge in [-0.25, -0.2) is 19.9 Å². The van der Waals surface area contributed by atoms with Crippen molar-refractivity contribution in [3.8, 4) is 0 Å². The second-order valence-electron chi connectivity index (χ2n) is 5.22. The van der Waals surface area contributed by atoms with Gasteiger partial charge in [-0.1, -0.05) is 18.5 Å². The largest absolute Gasteiger partial charge is 0.456 e. The standard InChI is InChI=1S/C13H16ClN5O5S/c1-3-8(2)24-11(21)10(20)18-5-4-17(13(18)16-19(22)23)7-9-6-15-12(14)25-9/h6,8H,3-5,7H2,1-2H3/b16-13-. The predicted octanol–water partition coefficient (Wildman–Crippen LogP) is 1.33. The van der Waals surface area contributed by atoms with E-state index in [-0.39, 0.29) is 25.6 Å². The molecule has 1 aliphatic heterocycles. The molecule has 1 unspecified atom stereocenters. The maximum absolute atomic E-state index is 12.3. The van der Waals surface area contributed by atoms with Crippen molar-refractivity contribution in [1.29, 1.82) is 0 Å². The highest BCUT2D eigenvalue weighted by Crippen LogP contribution is 2.22. The Hall–Kier alpha value is -2.27. The third-order valence-corrected chi connectivity index (χ3v) is 4.56. The molecule has 0 N–H and O–H groups in total. The van der Waals surface area contributed by atoms with Gasteiger partial charge in [0, 0.05) is 24.2 Å². The number of amides is 1. The number of guanidine groups is 1. The summed E-state index contributed by atoms with van der Waals surface area (Å²) in [5.41, 5.74) is 0. The molecule has 0 bridgehead atoms. The van der Waals surface area contributed by atoms with Crippen LogP contribution in [0.25, 0.3) is 0 Å². The number of halogens is 1. The topological polar surface area (TPSA) is 118 Å². The highest BCUT2D eigenvalue weighted by Gasteiger charge is 2.38. The van der Waals surface area contributed by atoms with Crippen LogP contribution in [-0.2, 0) is 20.9 Å². The first-order chi connectivity index (χ1) is 11.8. The first kappa shape index (κ1) is 19.1. The number of hydrogen-bond acceptors (Lipinski definition) is 7. The van der Waals surface area contributed by atoms with Gasteiger partial charge in [0.15, 0.2) is 9.50 Å². The Morgan fingerprint density at radius 2 is 2.28 bits per heavy atom. The molecule has 1 aliphatic rings. The molecule has 1 saturated heterocycles. The van der Waals surface area contributed by atoms with Gasteiger partial charge >= 0.3 is 11.9 Å². The molecule has 1 aromatic rings. The highest BCUT2D eigenvalue weighted by molar-refractivity contribution is 7.15. The number of thiazole rings is 1. The zero-order valence-electron chi connectivity index (χ0n) is 13.5. The van der Waals surface area contributed by atoms with E-state index in [4.69, 9.17) is 16.3 Å². The minimum Gasteiger partial charge on any atom is -0.456 e. The number of nitro groups is 1. The fraction of sp³-hybridized carbons (Fsp3) is 0.538. The van der Waals surface area contributed by atoms with Crippen molar-refractivity contribution in [2.45, 2.75) is 32.9 Å². The number of aromatic nitrogens is 1. The Kier molecular flexibility index (Phi) is 6.26. The van der Waals surface area contributed by atoms with Gasteiger partial charge in [-0.15, -0.1) is 11.3 Å². The van der Waals surface area contributed by atoms with Gasteiger partial charge in [-0.05, 0) is 13.3 Å².